The Bertz CT molecular complexity index is 200. The SMILES string of the molecule is COCC(=O)N1CCN(CC=O)CC1. The van der Waals surface area contributed by atoms with Crippen LogP contribution in [0, 0.1) is 0 Å². The Morgan fingerprint density at radius 2 is 2.00 bits per heavy atom. The fraction of sp³-hybridized carbons (Fsp3) is 0.778. The Morgan fingerprint density at radius 1 is 1.36 bits per heavy atom. The molecule has 1 saturated heterocycles. The second-order valence-corrected chi connectivity index (χ2v) is 3.28. The van der Waals surface area contributed by atoms with Gasteiger partial charge in [0.15, 0.2) is 0 Å². The van der Waals surface area contributed by atoms with Crippen molar-refractivity contribution in [2.24, 2.45) is 0 Å². The van der Waals surface area contributed by atoms with E-state index in [1.165, 1.54) is 7.11 Å². The van der Waals surface area contributed by atoms with Gasteiger partial charge in [0.25, 0.3) is 0 Å². The first-order chi connectivity index (χ1) is 6.77. The summed E-state index contributed by atoms with van der Waals surface area (Å²) in [6.07, 6.45) is 0.895. The highest BCUT2D eigenvalue weighted by molar-refractivity contribution is 5.77. The Labute approximate surface area is 83.6 Å². The van der Waals surface area contributed by atoms with Crippen LogP contribution < -0.4 is 0 Å². The number of carbonyl (C=O) groups is 2. The van der Waals surface area contributed by atoms with E-state index in [2.05, 4.69) is 0 Å². The first-order valence-corrected chi connectivity index (χ1v) is 4.70. The number of hydrogen-bond donors (Lipinski definition) is 0. The van der Waals surface area contributed by atoms with Gasteiger partial charge < -0.3 is 14.4 Å². The minimum atomic E-state index is 0.0262. The van der Waals surface area contributed by atoms with Crippen molar-refractivity contribution in [1.29, 1.82) is 0 Å². The van der Waals surface area contributed by atoms with E-state index in [9.17, 15) is 9.59 Å². The van der Waals surface area contributed by atoms with E-state index in [1.807, 2.05) is 4.90 Å². The van der Waals surface area contributed by atoms with Crippen LogP contribution >= 0.6 is 0 Å². The molecule has 0 radical (unpaired) electrons. The number of aldehydes is 1. The van der Waals surface area contributed by atoms with E-state index < -0.39 is 0 Å². The zero-order valence-corrected chi connectivity index (χ0v) is 8.44. The van der Waals surface area contributed by atoms with E-state index >= 15 is 0 Å². The van der Waals surface area contributed by atoms with Gasteiger partial charge in [-0.15, -0.1) is 0 Å². The monoisotopic (exact) mass is 200 g/mol. The van der Waals surface area contributed by atoms with Gasteiger partial charge in [0, 0.05) is 33.3 Å². The molecule has 0 bridgehead atoms. The number of ether oxygens (including phenoxy) is 1. The van der Waals surface area contributed by atoms with Gasteiger partial charge in [0.2, 0.25) is 5.91 Å². The predicted octanol–water partition coefficient (Wildman–Crippen LogP) is -1.02. The highest BCUT2D eigenvalue weighted by Gasteiger charge is 2.19. The number of amides is 1. The molecule has 0 N–H and O–H groups in total. The molecular weight excluding hydrogens is 184 g/mol. The molecule has 14 heavy (non-hydrogen) atoms. The number of carbonyl (C=O) groups excluding carboxylic acids is 2. The van der Waals surface area contributed by atoms with Crippen molar-refractivity contribution in [1.82, 2.24) is 9.80 Å². The third kappa shape index (κ3) is 3.08. The minimum Gasteiger partial charge on any atom is -0.375 e. The van der Waals surface area contributed by atoms with E-state index in [4.69, 9.17) is 4.74 Å². The summed E-state index contributed by atoms with van der Waals surface area (Å²) in [5.41, 5.74) is 0. The molecule has 5 nitrogen and oxygen atoms in total. The number of nitrogens with zero attached hydrogens (tertiary/aromatic N) is 2. The highest BCUT2D eigenvalue weighted by atomic mass is 16.5. The summed E-state index contributed by atoms with van der Waals surface area (Å²) in [5.74, 6) is 0.0262. The average Bonchev–Trinajstić information content (AvgIpc) is 2.20. The van der Waals surface area contributed by atoms with Crippen LogP contribution in [0.15, 0.2) is 0 Å². The predicted molar refractivity (Wildman–Crippen MR) is 51.0 cm³/mol. The Morgan fingerprint density at radius 3 is 2.50 bits per heavy atom. The molecule has 1 heterocycles. The molecule has 0 unspecified atom stereocenters. The maximum absolute atomic E-state index is 11.4. The van der Waals surface area contributed by atoms with Crippen molar-refractivity contribution in [3.8, 4) is 0 Å². The lowest BCUT2D eigenvalue weighted by Crippen LogP contribution is -2.49. The van der Waals surface area contributed by atoms with E-state index in [0.29, 0.717) is 19.6 Å². The summed E-state index contributed by atoms with van der Waals surface area (Å²) >= 11 is 0. The molecule has 0 aromatic heterocycles. The first-order valence-electron chi connectivity index (χ1n) is 4.70. The fourth-order valence-corrected chi connectivity index (χ4v) is 1.50. The van der Waals surface area contributed by atoms with Crippen molar-refractivity contribution in [2.45, 2.75) is 0 Å². The number of rotatable bonds is 4. The second kappa shape index (κ2) is 5.72. The van der Waals surface area contributed by atoms with Gasteiger partial charge in [0.1, 0.15) is 12.9 Å². The number of hydrogen-bond acceptors (Lipinski definition) is 4. The van der Waals surface area contributed by atoms with Gasteiger partial charge >= 0.3 is 0 Å². The van der Waals surface area contributed by atoms with Gasteiger partial charge in [-0.3, -0.25) is 9.69 Å². The first kappa shape index (κ1) is 11.1. The van der Waals surface area contributed by atoms with Crippen molar-refractivity contribution < 1.29 is 14.3 Å². The molecule has 1 fully saturated rings. The molecular formula is C9H16N2O3. The highest BCUT2D eigenvalue weighted by Crippen LogP contribution is 2.00. The largest absolute Gasteiger partial charge is 0.375 e. The van der Waals surface area contributed by atoms with Crippen LogP contribution in [0.2, 0.25) is 0 Å². The van der Waals surface area contributed by atoms with Crippen molar-refractivity contribution in [3.63, 3.8) is 0 Å². The summed E-state index contributed by atoms with van der Waals surface area (Å²) < 4.78 is 4.77. The maximum Gasteiger partial charge on any atom is 0.248 e. The molecule has 1 amide bonds. The molecule has 0 aliphatic carbocycles. The molecule has 0 aromatic rings. The van der Waals surface area contributed by atoms with Gasteiger partial charge in [-0.2, -0.15) is 0 Å². The van der Waals surface area contributed by atoms with E-state index in [0.717, 1.165) is 19.4 Å². The lowest BCUT2D eigenvalue weighted by molar-refractivity contribution is -0.136. The van der Waals surface area contributed by atoms with E-state index in [1.54, 1.807) is 4.90 Å². The quantitative estimate of drug-likeness (QED) is 0.545. The number of methoxy groups -OCH3 is 1. The lowest BCUT2D eigenvalue weighted by Gasteiger charge is -2.33. The third-order valence-electron chi connectivity index (χ3n) is 2.33. The van der Waals surface area contributed by atoms with Crippen LogP contribution in [0.1, 0.15) is 0 Å². The minimum absolute atomic E-state index is 0.0262. The molecule has 5 heteroatoms. The van der Waals surface area contributed by atoms with E-state index in [-0.39, 0.29) is 12.5 Å². The van der Waals surface area contributed by atoms with Crippen molar-refractivity contribution in [3.05, 3.63) is 0 Å². The standard InChI is InChI=1S/C9H16N2O3/c1-14-8-9(13)11-4-2-10(3-5-11)6-7-12/h7H,2-6,8H2,1H3. The maximum atomic E-state index is 11.4. The normalized spacial score (nSPS) is 18.2. The summed E-state index contributed by atoms with van der Waals surface area (Å²) in [7, 11) is 1.51. The molecule has 0 saturated carbocycles. The zero-order chi connectivity index (χ0) is 10.4. The molecule has 1 aliphatic heterocycles. The van der Waals surface area contributed by atoms with Crippen LogP contribution in [0.25, 0.3) is 0 Å². The Hall–Kier alpha value is -0.940. The molecule has 0 spiro atoms. The molecule has 80 valence electrons. The van der Waals surface area contributed by atoms with Crippen LogP contribution in [-0.2, 0) is 14.3 Å². The Balaban J connectivity index is 2.27. The summed E-state index contributed by atoms with van der Waals surface area (Å²) in [6, 6.07) is 0. The summed E-state index contributed by atoms with van der Waals surface area (Å²) in [6.45, 7) is 3.54. The Kier molecular flexibility index (Phi) is 4.55. The smallest absolute Gasteiger partial charge is 0.248 e. The van der Waals surface area contributed by atoms with Crippen molar-refractivity contribution >= 4 is 12.2 Å². The summed E-state index contributed by atoms with van der Waals surface area (Å²) in [5, 5.41) is 0. The van der Waals surface area contributed by atoms with Crippen LogP contribution in [0.4, 0.5) is 0 Å². The zero-order valence-electron chi connectivity index (χ0n) is 8.44. The van der Waals surface area contributed by atoms with Gasteiger partial charge in [-0.25, -0.2) is 0 Å². The van der Waals surface area contributed by atoms with Crippen LogP contribution in [0.5, 0.6) is 0 Å². The molecule has 0 atom stereocenters. The van der Waals surface area contributed by atoms with Crippen molar-refractivity contribution in [2.75, 3.05) is 46.4 Å². The van der Waals surface area contributed by atoms with Crippen LogP contribution in [-0.4, -0.2) is 68.4 Å². The molecule has 0 aromatic carbocycles. The van der Waals surface area contributed by atoms with Gasteiger partial charge in [-0.05, 0) is 0 Å². The third-order valence-corrected chi connectivity index (χ3v) is 2.33. The second-order valence-electron chi connectivity index (χ2n) is 3.28. The summed E-state index contributed by atoms with van der Waals surface area (Å²) in [4.78, 5) is 25.4. The number of piperazine rings is 1. The average molecular weight is 200 g/mol. The molecule has 1 aliphatic rings. The lowest BCUT2D eigenvalue weighted by atomic mass is 10.3. The topological polar surface area (TPSA) is 49.9 Å². The van der Waals surface area contributed by atoms with Gasteiger partial charge in [0.05, 0.1) is 6.54 Å². The molecule has 1 rings (SSSR count). The fourth-order valence-electron chi connectivity index (χ4n) is 1.50. The van der Waals surface area contributed by atoms with Crippen LogP contribution in [0.3, 0.4) is 0 Å². The van der Waals surface area contributed by atoms with Gasteiger partial charge in [-0.1, -0.05) is 0 Å².